The second kappa shape index (κ2) is 4.89. The van der Waals surface area contributed by atoms with Crippen LogP contribution in [0.4, 0.5) is 0 Å². The van der Waals surface area contributed by atoms with E-state index in [2.05, 4.69) is 4.98 Å². The lowest BCUT2D eigenvalue weighted by Crippen LogP contribution is -2.30. The minimum atomic E-state index is -1.01. The molecule has 2 fully saturated rings. The Morgan fingerprint density at radius 2 is 1.90 bits per heavy atom. The lowest BCUT2D eigenvalue weighted by atomic mass is 10.0. The van der Waals surface area contributed by atoms with Crippen LogP contribution < -0.4 is 0 Å². The molecule has 0 spiro atoms. The number of carbonyl (C=O) groups is 2. The number of carbonyl (C=O) groups excluding carboxylic acids is 1. The summed E-state index contributed by atoms with van der Waals surface area (Å²) < 4.78 is 0. The molecule has 5 heteroatoms. The number of carboxylic acids is 1. The number of amides is 1. The molecular weight excluding hydrogens is 256 g/mol. The van der Waals surface area contributed by atoms with Crippen LogP contribution in [0.1, 0.15) is 45.8 Å². The topological polar surface area (TPSA) is 70.5 Å². The summed E-state index contributed by atoms with van der Waals surface area (Å²) in [5.74, 6) is 0.223. The maximum Gasteiger partial charge on any atom is 0.337 e. The van der Waals surface area contributed by atoms with E-state index in [0.717, 1.165) is 13.1 Å². The largest absolute Gasteiger partial charge is 0.478 e. The van der Waals surface area contributed by atoms with Gasteiger partial charge in [-0.15, -0.1) is 0 Å². The molecule has 5 nitrogen and oxygen atoms in total. The van der Waals surface area contributed by atoms with Gasteiger partial charge in [0.1, 0.15) is 5.69 Å². The molecule has 0 aromatic carbocycles. The van der Waals surface area contributed by atoms with Crippen molar-refractivity contribution in [3.05, 3.63) is 29.1 Å². The Bertz CT molecular complexity index is 558. The normalized spacial score (nSPS) is 24.8. The maximum atomic E-state index is 12.4. The molecule has 0 bridgehead atoms. The van der Waals surface area contributed by atoms with Crippen molar-refractivity contribution < 1.29 is 14.7 Å². The van der Waals surface area contributed by atoms with E-state index in [9.17, 15) is 9.59 Å². The van der Waals surface area contributed by atoms with Crippen LogP contribution in [-0.4, -0.2) is 40.0 Å². The number of likely N-dealkylation sites (tertiary alicyclic amines) is 1. The molecule has 106 valence electrons. The summed E-state index contributed by atoms with van der Waals surface area (Å²) in [6.45, 7) is 3.27. The molecule has 1 aliphatic carbocycles. The van der Waals surface area contributed by atoms with Crippen LogP contribution in [0.2, 0.25) is 0 Å². The molecule has 20 heavy (non-hydrogen) atoms. The van der Waals surface area contributed by atoms with Crippen LogP contribution in [0.15, 0.2) is 12.1 Å². The molecule has 1 saturated heterocycles. The van der Waals surface area contributed by atoms with Gasteiger partial charge in [-0.1, -0.05) is 6.42 Å². The molecule has 1 saturated carbocycles. The van der Waals surface area contributed by atoms with Crippen LogP contribution in [0.3, 0.4) is 0 Å². The minimum absolute atomic E-state index is 0.0700. The van der Waals surface area contributed by atoms with Crippen molar-refractivity contribution in [2.24, 2.45) is 11.8 Å². The molecule has 1 N–H and O–H groups in total. The van der Waals surface area contributed by atoms with Gasteiger partial charge < -0.3 is 10.0 Å². The smallest absolute Gasteiger partial charge is 0.337 e. The maximum absolute atomic E-state index is 12.4. The third-order valence-electron chi connectivity index (χ3n) is 4.55. The minimum Gasteiger partial charge on any atom is -0.478 e. The second-order valence-corrected chi connectivity index (χ2v) is 5.80. The summed E-state index contributed by atoms with van der Waals surface area (Å²) in [6.07, 6.45) is 3.72. The van der Waals surface area contributed by atoms with Crippen molar-refractivity contribution in [1.82, 2.24) is 9.88 Å². The van der Waals surface area contributed by atoms with Crippen LogP contribution >= 0.6 is 0 Å². The van der Waals surface area contributed by atoms with Gasteiger partial charge in [0.2, 0.25) is 0 Å². The van der Waals surface area contributed by atoms with Crippen molar-refractivity contribution >= 4 is 11.9 Å². The van der Waals surface area contributed by atoms with Gasteiger partial charge in [-0.05, 0) is 43.7 Å². The SMILES string of the molecule is Cc1nc(C(=O)N2CC3CCCC3C2)ccc1C(=O)O. The molecule has 3 rings (SSSR count). The van der Waals surface area contributed by atoms with Crippen molar-refractivity contribution in [2.75, 3.05) is 13.1 Å². The fourth-order valence-corrected chi connectivity index (χ4v) is 3.47. The number of rotatable bonds is 2. The van der Waals surface area contributed by atoms with Crippen molar-refractivity contribution in [2.45, 2.75) is 26.2 Å². The van der Waals surface area contributed by atoms with Crippen molar-refractivity contribution in [1.29, 1.82) is 0 Å². The van der Waals surface area contributed by atoms with Gasteiger partial charge in [0.05, 0.1) is 11.3 Å². The molecule has 2 aliphatic rings. The molecule has 1 aliphatic heterocycles. The Labute approximate surface area is 117 Å². The number of pyridine rings is 1. The van der Waals surface area contributed by atoms with E-state index < -0.39 is 5.97 Å². The van der Waals surface area contributed by atoms with Gasteiger partial charge in [0.25, 0.3) is 5.91 Å². The molecule has 2 atom stereocenters. The van der Waals surface area contributed by atoms with Gasteiger partial charge in [-0.3, -0.25) is 4.79 Å². The number of aromatic carboxylic acids is 1. The Morgan fingerprint density at radius 3 is 2.45 bits per heavy atom. The van der Waals surface area contributed by atoms with Crippen LogP contribution in [0.5, 0.6) is 0 Å². The summed E-state index contributed by atoms with van der Waals surface area (Å²) in [4.78, 5) is 29.4. The number of carboxylic acid groups (broad SMARTS) is 1. The van der Waals surface area contributed by atoms with Gasteiger partial charge in [0, 0.05) is 13.1 Å². The Morgan fingerprint density at radius 1 is 1.25 bits per heavy atom. The molecule has 2 heterocycles. The fraction of sp³-hybridized carbons (Fsp3) is 0.533. The average Bonchev–Trinajstić information content (AvgIpc) is 2.97. The van der Waals surface area contributed by atoms with E-state index in [1.807, 2.05) is 4.90 Å². The van der Waals surface area contributed by atoms with E-state index in [4.69, 9.17) is 5.11 Å². The first kappa shape index (κ1) is 13.1. The summed E-state index contributed by atoms with van der Waals surface area (Å²) in [6, 6.07) is 2.99. The van der Waals surface area contributed by atoms with Crippen LogP contribution in [0.25, 0.3) is 0 Å². The van der Waals surface area contributed by atoms with E-state index in [0.29, 0.717) is 23.2 Å². The van der Waals surface area contributed by atoms with E-state index >= 15 is 0 Å². The number of hydrogen-bond acceptors (Lipinski definition) is 3. The lowest BCUT2D eigenvalue weighted by Gasteiger charge is -2.17. The zero-order valence-electron chi connectivity index (χ0n) is 11.5. The Balaban J connectivity index is 1.78. The molecule has 1 amide bonds. The van der Waals surface area contributed by atoms with Crippen molar-refractivity contribution in [3.63, 3.8) is 0 Å². The van der Waals surface area contributed by atoms with Crippen LogP contribution in [0, 0.1) is 18.8 Å². The average molecular weight is 274 g/mol. The standard InChI is InChI=1S/C15H18N2O3/c1-9-12(15(19)20)5-6-13(16-9)14(18)17-7-10-3-2-4-11(10)8-17/h5-6,10-11H,2-4,7-8H2,1H3,(H,19,20). The Kier molecular flexibility index (Phi) is 3.20. The quantitative estimate of drug-likeness (QED) is 0.895. The molecule has 2 unspecified atom stereocenters. The van der Waals surface area contributed by atoms with Crippen LogP contribution in [-0.2, 0) is 0 Å². The monoisotopic (exact) mass is 274 g/mol. The summed E-state index contributed by atoms with van der Waals surface area (Å²) in [7, 11) is 0. The lowest BCUT2D eigenvalue weighted by molar-refractivity contribution is 0.0692. The highest BCUT2D eigenvalue weighted by Crippen LogP contribution is 2.38. The molecule has 1 aromatic rings. The highest BCUT2D eigenvalue weighted by Gasteiger charge is 2.38. The third kappa shape index (κ3) is 2.17. The van der Waals surface area contributed by atoms with Gasteiger partial charge in [-0.2, -0.15) is 0 Å². The summed E-state index contributed by atoms with van der Waals surface area (Å²) in [5, 5.41) is 8.98. The van der Waals surface area contributed by atoms with Gasteiger partial charge in [0.15, 0.2) is 0 Å². The van der Waals surface area contributed by atoms with E-state index in [1.54, 1.807) is 6.92 Å². The summed E-state index contributed by atoms with van der Waals surface area (Å²) in [5.41, 5.74) is 0.898. The second-order valence-electron chi connectivity index (χ2n) is 5.80. The zero-order valence-corrected chi connectivity index (χ0v) is 11.5. The first-order valence-electron chi connectivity index (χ1n) is 7.06. The first-order valence-corrected chi connectivity index (χ1v) is 7.06. The Hall–Kier alpha value is -1.91. The van der Waals surface area contributed by atoms with E-state index in [-0.39, 0.29) is 11.5 Å². The fourth-order valence-electron chi connectivity index (χ4n) is 3.47. The molecular formula is C15H18N2O3. The number of fused-ring (bicyclic) bond motifs is 1. The number of nitrogens with zero attached hydrogens (tertiary/aromatic N) is 2. The van der Waals surface area contributed by atoms with Gasteiger partial charge in [-0.25, -0.2) is 9.78 Å². The molecule has 1 aromatic heterocycles. The predicted molar refractivity (Wildman–Crippen MR) is 72.7 cm³/mol. The van der Waals surface area contributed by atoms with Crippen molar-refractivity contribution in [3.8, 4) is 0 Å². The van der Waals surface area contributed by atoms with Gasteiger partial charge >= 0.3 is 5.97 Å². The highest BCUT2D eigenvalue weighted by atomic mass is 16.4. The molecule has 0 radical (unpaired) electrons. The van der Waals surface area contributed by atoms with E-state index in [1.165, 1.54) is 31.4 Å². The number of aromatic nitrogens is 1. The highest BCUT2D eigenvalue weighted by molar-refractivity contribution is 5.94. The summed E-state index contributed by atoms with van der Waals surface area (Å²) >= 11 is 0. The third-order valence-corrected chi connectivity index (χ3v) is 4.55. The predicted octanol–water partition coefficient (Wildman–Crippen LogP) is 1.96. The number of hydrogen-bond donors (Lipinski definition) is 1. The zero-order chi connectivity index (χ0) is 14.3. The first-order chi connectivity index (χ1) is 9.56. The number of aryl methyl sites for hydroxylation is 1.